The van der Waals surface area contributed by atoms with Gasteiger partial charge in [-0.05, 0) is 25.3 Å². The van der Waals surface area contributed by atoms with E-state index in [1.807, 2.05) is 6.92 Å². The molecule has 0 bridgehead atoms. The predicted octanol–water partition coefficient (Wildman–Crippen LogP) is 2.47. The van der Waals surface area contributed by atoms with Crippen LogP contribution in [0.3, 0.4) is 0 Å². The summed E-state index contributed by atoms with van der Waals surface area (Å²) in [6.07, 6.45) is 2.37. The van der Waals surface area contributed by atoms with Gasteiger partial charge < -0.3 is 10.2 Å². The van der Waals surface area contributed by atoms with Crippen molar-refractivity contribution in [3.63, 3.8) is 0 Å². The number of anilines is 2. The molecular weight excluding hydrogens is 322 g/mol. The molecule has 130 valence electrons. The van der Waals surface area contributed by atoms with Crippen molar-refractivity contribution in [3.8, 4) is 0 Å². The van der Waals surface area contributed by atoms with Gasteiger partial charge in [0.25, 0.3) is 5.69 Å². The number of nitro groups is 1. The molecular formula is C17H19N5O3. The van der Waals surface area contributed by atoms with Gasteiger partial charge in [0.15, 0.2) is 0 Å². The van der Waals surface area contributed by atoms with Crippen molar-refractivity contribution in [2.24, 2.45) is 0 Å². The van der Waals surface area contributed by atoms with E-state index in [1.54, 1.807) is 18.2 Å². The number of benzene rings is 1. The fourth-order valence-corrected chi connectivity index (χ4v) is 2.78. The summed E-state index contributed by atoms with van der Waals surface area (Å²) in [5.74, 6) is 0.892. The third-order valence-electron chi connectivity index (χ3n) is 4.01. The minimum absolute atomic E-state index is 0.00541. The van der Waals surface area contributed by atoms with Gasteiger partial charge in [-0.15, -0.1) is 0 Å². The average Bonchev–Trinajstić information content (AvgIpc) is 3.09. The molecule has 0 radical (unpaired) electrons. The number of amides is 1. The summed E-state index contributed by atoms with van der Waals surface area (Å²) in [7, 11) is 0. The van der Waals surface area contributed by atoms with Crippen LogP contribution >= 0.6 is 0 Å². The summed E-state index contributed by atoms with van der Waals surface area (Å²) < 4.78 is 0. The highest BCUT2D eigenvalue weighted by molar-refractivity contribution is 5.91. The van der Waals surface area contributed by atoms with Crippen LogP contribution in [0.2, 0.25) is 0 Å². The number of rotatable bonds is 5. The first-order valence-corrected chi connectivity index (χ1v) is 8.15. The zero-order chi connectivity index (χ0) is 17.8. The van der Waals surface area contributed by atoms with Crippen LogP contribution in [0.1, 0.15) is 24.1 Å². The topological polar surface area (TPSA) is 101 Å². The Morgan fingerprint density at radius 2 is 1.92 bits per heavy atom. The first-order chi connectivity index (χ1) is 12.0. The van der Waals surface area contributed by atoms with E-state index in [-0.39, 0.29) is 18.0 Å². The van der Waals surface area contributed by atoms with Crippen molar-refractivity contribution in [1.82, 2.24) is 9.97 Å². The Balaban J connectivity index is 1.67. The van der Waals surface area contributed by atoms with E-state index >= 15 is 0 Å². The molecule has 3 rings (SSSR count). The number of nitro benzene ring substituents is 1. The largest absolute Gasteiger partial charge is 0.341 e. The SMILES string of the molecule is Cc1cc(NC(=O)Cc2ccc([N+](=O)[O-])cc2)nc(N2CCCC2)n1. The fraction of sp³-hybridized carbons (Fsp3) is 0.353. The molecule has 1 fully saturated rings. The van der Waals surface area contributed by atoms with Crippen molar-refractivity contribution < 1.29 is 9.72 Å². The third kappa shape index (κ3) is 4.28. The van der Waals surface area contributed by atoms with Crippen LogP contribution in [0, 0.1) is 17.0 Å². The van der Waals surface area contributed by atoms with E-state index in [0.717, 1.165) is 31.6 Å². The molecule has 1 amide bonds. The van der Waals surface area contributed by atoms with Crippen LogP contribution in [0.15, 0.2) is 30.3 Å². The quantitative estimate of drug-likeness (QED) is 0.662. The highest BCUT2D eigenvalue weighted by atomic mass is 16.6. The summed E-state index contributed by atoms with van der Waals surface area (Å²) in [5.41, 5.74) is 1.50. The third-order valence-corrected chi connectivity index (χ3v) is 4.01. The molecule has 0 spiro atoms. The molecule has 0 unspecified atom stereocenters. The second-order valence-corrected chi connectivity index (χ2v) is 6.04. The number of carbonyl (C=O) groups excluding carboxylic acids is 1. The van der Waals surface area contributed by atoms with Crippen LogP contribution in [-0.2, 0) is 11.2 Å². The van der Waals surface area contributed by atoms with E-state index in [9.17, 15) is 14.9 Å². The maximum atomic E-state index is 12.2. The molecule has 0 aliphatic carbocycles. The Morgan fingerprint density at radius 1 is 1.24 bits per heavy atom. The van der Waals surface area contributed by atoms with E-state index in [0.29, 0.717) is 17.3 Å². The molecule has 2 aromatic rings. The molecule has 1 aromatic heterocycles. The van der Waals surface area contributed by atoms with Crippen LogP contribution in [0.25, 0.3) is 0 Å². The van der Waals surface area contributed by atoms with E-state index in [4.69, 9.17) is 0 Å². The second kappa shape index (κ2) is 7.25. The van der Waals surface area contributed by atoms with Gasteiger partial charge in [-0.2, -0.15) is 4.98 Å². The van der Waals surface area contributed by atoms with Gasteiger partial charge in [0.05, 0.1) is 11.3 Å². The average molecular weight is 341 g/mol. The highest BCUT2D eigenvalue weighted by Gasteiger charge is 2.16. The number of aryl methyl sites for hydroxylation is 1. The molecule has 1 saturated heterocycles. The zero-order valence-corrected chi connectivity index (χ0v) is 13.9. The number of hydrogen-bond acceptors (Lipinski definition) is 6. The lowest BCUT2D eigenvalue weighted by molar-refractivity contribution is -0.384. The van der Waals surface area contributed by atoms with Gasteiger partial charge in [0, 0.05) is 37.0 Å². The summed E-state index contributed by atoms with van der Waals surface area (Å²) >= 11 is 0. The van der Waals surface area contributed by atoms with Crippen LogP contribution < -0.4 is 10.2 Å². The molecule has 2 heterocycles. The summed E-state index contributed by atoms with van der Waals surface area (Å²) in [5, 5.41) is 13.4. The summed E-state index contributed by atoms with van der Waals surface area (Å²) in [4.78, 5) is 33.4. The van der Waals surface area contributed by atoms with Crippen LogP contribution in [0.4, 0.5) is 17.5 Å². The first kappa shape index (κ1) is 16.8. The normalized spacial score (nSPS) is 13.7. The van der Waals surface area contributed by atoms with Gasteiger partial charge >= 0.3 is 0 Å². The lowest BCUT2D eigenvalue weighted by Crippen LogP contribution is -2.22. The van der Waals surface area contributed by atoms with Gasteiger partial charge in [0.2, 0.25) is 11.9 Å². The van der Waals surface area contributed by atoms with Crippen molar-refractivity contribution in [2.75, 3.05) is 23.3 Å². The van der Waals surface area contributed by atoms with E-state index in [2.05, 4.69) is 20.2 Å². The molecule has 25 heavy (non-hydrogen) atoms. The number of nitrogens with zero attached hydrogens (tertiary/aromatic N) is 4. The molecule has 1 aliphatic rings. The first-order valence-electron chi connectivity index (χ1n) is 8.15. The Bertz CT molecular complexity index is 785. The van der Waals surface area contributed by atoms with Crippen molar-refractivity contribution in [1.29, 1.82) is 0 Å². The van der Waals surface area contributed by atoms with Crippen LogP contribution in [0.5, 0.6) is 0 Å². The Morgan fingerprint density at radius 3 is 2.56 bits per heavy atom. The smallest absolute Gasteiger partial charge is 0.269 e. The van der Waals surface area contributed by atoms with E-state index in [1.165, 1.54) is 12.1 Å². The molecule has 8 nitrogen and oxygen atoms in total. The standard InChI is InChI=1S/C17H19N5O3/c1-12-10-15(20-17(18-12)21-8-2-3-9-21)19-16(23)11-13-4-6-14(7-5-13)22(24)25/h4-7,10H,2-3,8-9,11H2,1H3,(H,18,19,20,23). The van der Waals surface area contributed by atoms with Crippen LogP contribution in [-0.4, -0.2) is 33.9 Å². The molecule has 1 aliphatic heterocycles. The summed E-state index contributed by atoms with van der Waals surface area (Å²) in [6.45, 7) is 3.73. The number of aromatic nitrogens is 2. The maximum Gasteiger partial charge on any atom is 0.269 e. The number of non-ortho nitro benzene ring substituents is 1. The fourth-order valence-electron chi connectivity index (χ4n) is 2.78. The Kier molecular flexibility index (Phi) is 4.87. The lowest BCUT2D eigenvalue weighted by atomic mass is 10.1. The Hall–Kier alpha value is -3.03. The van der Waals surface area contributed by atoms with Gasteiger partial charge in [-0.3, -0.25) is 14.9 Å². The summed E-state index contributed by atoms with van der Waals surface area (Å²) in [6, 6.07) is 7.68. The molecule has 8 heteroatoms. The zero-order valence-electron chi connectivity index (χ0n) is 13.9. The number of carbonyl (C=O) groups is 1. The minimum atomic E-state index is -0.465. The second-order valence-electron chi connectivity index (χ2n) is 6.04. The molecule has 1 N–H and O–H groups in total. The van der Waals surface area contributed by atoms with Crippen molar-refractivity contribution >= 4 is 23.4 Å². The number of hydrogen-bond donors (Lipinski definition) is 1. The highest BCUT2D eigenvalue weighted by Crippen LogP contribution is 2.19. The Labute approximate surface area is 145 Å². The van der Waals surface area contributed by atoms with Gasteiger partial charge in [-0.1, -0.05) is 12.1 Å². The molecule has 1 aromatic carbocycles. The monoisotopic (exact) mass is 341 g/mol. The van der Waals surface area contributed by atoms with Crippen molar-refractivity contribution in [3.05, 3.63) is 51.7 Å². The minimum Gasteiger partial charge on any atom is -0.341 e. The molecule has 0 atom stereocenters. The van der Waals surface area contributed by atoms with Gasteiger partial charge in [0.1, 0.15) is 5.82 Å². The molecule has 0 saturated carbocycles. The van der Waals surface area contributed by atoms with E-state index < -0.39 is 4.92 Å². The maximum absolute atomic E-state index is 12.2. The van der Waals surface area contributed by atoms with Gasteiger partial charge in [-0.25, -0.2) is 4.98 Å². The van der Waals surface area contributed by atoms with Crippen molar-refractivity contribution in [2.45, 2.75) is 26.2 Å². The predicted molar refractivity (Wildman–Crippen MR) is 93.6 cm³/mol. The lowest BCUT2D eigenvalue weighted by Gasteiger charge is -2.16. The number of nitrogens with one attached hydrogen (secondary N) is 1.